The maximum atomic E-state index is 13.3. The van der Waals surface area contributed by atoms with Gasteiger partial charge in [0, 0.05) is 43.5 Å². The molecule has 0 radical (unpaired) electrons. The van der Waals surface area contributed by atoms with Crippen LogP contribution in [-0.4, -0.2) is 52.0 Å². The summed E-state index contributed by atoms with van der Waals surface area (Å²) in [5, 5.41) is 25.4. The summed E-state index contributed by atoms with van der Waals surface area (Å²) in [6.45, 7) is -1.73. The third kappa shape index (κ3) is 4.15. The van der Waals surface area contributed by atoms with Crippen molar-refractivity contribution in [3.63, 3.8) is 0 Å². The van der Waals surface area contributed by atoms with Gasteiger partial charge in [-0.15, -0.1) is 0 Å². The van der Waals surface area contributed by atoms with E-state index >= 15 is 0 Å². The van der Waals surface area contributed by atoms with Crippen LogP contribution >= 0.6 is 0 Å². The molecule has 0 saturated heterocycles. The molecule has 0 atom stereocenters. The predicted octanol–water partition coefficient (Wildman–Crippen LogP) is 4.75. The van der Waals surface area contributed by atoms with Crippen LogP contribution in [0.15, 0.2) is 64.8 Å². The number of nitrogens with zero attached hydrogens (tertiary/aromatic N) is 7. The zero-order valence-electron chi connectivity index (χ0n) is 20.1. The van der Waals surface area contributed by atoms with E-state index in [-0.39, 0.29) is 34.0 Å². The Morgan fingerprint density at radius 3 is 1.85 bits per heavy atom. The molecular formula is C25H15N7O8. The Hall–Kier alpha value is -6.04. The van der Waals surface area contributed by atoms with E-state index in [9.17, 15) is 19.2 Å². The van der Waals surface area contributed by atoms with Gasteiger partial charge in [-0.2, -0.15) is 0 Å². The minimum atomic E-state index is -1.58. The van der Waals surface area contributed by atoms with Crippen molar-refractivity contribution in [2.45, 2.75) is 5.60 Å². The van der Waals surface area contributed by atoms with Crippen LogP contribution in [-0.2, 0) is 19.9 Å². The summed E-state index contributed by atoms with van der Waals surface area (Å²) in [7, 11) is 0. The van der Waals surface area contributed by atoms with Crippen molar-refractivity contribution in [1.29, 1.82) is 0 Å². The number of carbonyl (C=O) groups is 4. The number of azide groups is 2. The average Bonchev–Trinajstić information content (AvgIpc) is 3.19. The second-order valence-corrected chi connectivity index (χ2v) is 8.62. The van der Waals surface area contributed by atoms with E-state index < -0.39 is 42.5 Å². The van der Waals surface area contributed by atoms with Gasteiger partial charge in [-0.25, -0.2) is 4.79 Å². The molecule has 15 nitrogen and oxygen atoms in total. The van der Waals surface area contributed by atoms with Gasteiger partial charge in [-0.3, -0.25) is 14.4 Å². The van der Waals surface area contributed by atoms with Gasteiger partial charge in [0.25, 0.3) is 5.91 Å². The minimum absolute atomic E-state index is 0.0199. The summed E-state index contributed by atoms with van der Waals surface area (Å²) < 4.78 is 12.0. The number of carboxylic acid groups (broad SMARTS) is 2. The maximum absolute atomic E-state index is 13.3. The molecule has 2 aliphatic rings. The first kappa shape index (κ1) is 25.6. The maximum Gasteiger partial charge on any atom is 0.340 e. The Kier molecular flexibility index (Phi) is 6.20. The lowest BCUT2D eigenvalue weighted by Gasteiger charge is -2.36. The number of carbonyl (C=O) groups excluding carboxylic acids is 2. The molecule has 0 aromatic heterocycles. The molecule has 5 rings (SSSR count). The molecule has 40 heavy (non-hydrogen) atoms. The van der Waals surface area contributed by atoms with Gasteiger partial charge in [0.15, 0.2) is 5.60 Å². The summed E-state index contributed by atoms with van der Waals surface area (Å²) >= 11 is 0. The number of hydrogen-bond donors (Lipinski definition) is 2. The highest BCUT2D eigenvalue weighted by molar-refractivity contribution is 6.03. The van der Waals surface area contributed by atoms with E-state index in [0.29, 0.717) is 21.6 Å². The number of rotatable bonds is 7. The monoisotopic (exact) mass is 541 g/mol. The number of amides is 1. The average molecular weight is 541 g/mol. The molecule has 0 aliphatic carbocycles. The summed E-state index contributed by atoms with van der Waals surface area (Å²) in [5.41, 5.74) is 17.5. The molecule has 198 valence electrons. The Labute approximate surface area is 223 Å². The minimum Gasteiger partial charge on any atom is -0.480 e. The van der Waals surface area contributed by atoms with Gasteiger partial charge in [-0.1, -0.05) is 40.6 Å². The Bertz CT molecular complexity index is 1660. The van der Waals surface area contributed by atoms with Crippen molar-refractivity contribution in [3.8, 4) is 11.5 Å². The molecule has 2 aliphatic heterocycles. The van der Waals surface area contributed by atoms with Crippen LogP contribution in [0.25, 0.3) is 20.9 Å². The normalized spacial score (nSPS) is 15.8. The summed E-state index contributed by atoms with van der Waals surface area (Å²) in [6, 6.07) is 13.0. The highest BCUT2D eigenvalue weighted by Gasteiger charge is 2.53. The number of ether oxygens (including phenoxy) is 2. The van der Waals surface area contributed by atoms with Gasteiger partial charge in [0.2, 0.25) is 0 Å². The number of fused-ring (bicyclic) bond motifs is 6. The zero-order valence-corrected chi connectivity index (χ0v) is 20.1. The number of esters is 1. The van der Waals surface area contributed by atoms with Gasteiger partial charge in [0.1, 0.15) is 24.6 Å². The van der Waals surface area contributed by atoms with Gasteiger partial charge in [0.05, 0.1) is 5.56 Å². The SMILES string of the molecule is [N-]=[N+]=Nc1ccc2c(c1)Oc1cc(N=[N+]=[N-])ccc1C21OC(=O)c2cc(C(=O)N(CC(=O)O)CC(=O)O)ccc21. The Morgan fingerprint density at radius 2 is 1.35 bits per heavy atom. The number of aliphatic carboxylic acids is 2. The topological polar surface area (TPSA) is 228 Å². The highest BCUT2D eigenvalue weighted by atomic mass is 16.6. The zero-order chi connectivity index (χ0) is 28.6. The molecule has 1 amide bonds. The standard InChI is InChI=1S/C25H15N7O8/c26-30-28-13-2-5-17-19(8-13)39-20-9-14(29-31-27)3-6-18(20)25(17)16-4-1-12(7-15(16)24(38)40-25)23(37)32(10-21(33)34)11-22(35)36/h1-9H,10-11H2,(H,33,34)(H,35,36). The second-order valence-electron chi connectivity index (χ2n) is 8.62. The van der Waals surface area contributed by atoms with Crippen LogP contribution in [0.4, 0.5) is 11.4 Å². The van der Waals surface area contributed by atoms with Crippen molar-refractivity contribution >= 4 is 35.2 Å². The molecule has 15 heteroatoms. The van der Waals surface area contributed by atoms with Crippen molar-refractivity contribution in [2.24, 2.45) is 10.2 Å². The summed E-state index contributed by atoms with van der Waals surface area (Å²) in [4.78, 5) is 54.9. The van der Waals surface area contributed by atoms with Crippen LogP contribution in [0, 0.1) is 0 Å². The molecule has 1 spiro atoms. The van der Waals surface area contributed by atoms with E-state index in [1.165, 1.54) is 42.5 Å². The van der Waals surface area contributed by atoms with Crippen molar-refractivity contribution in [3.05, 3.63) is 103 Å². The Balaban J connectivity index is 1.69. The first-order chi connectivity index (χ1) is 19.2. The summed E-state index contributed by atoms with van der Waals surface area (Å²) in [6.07, 6.45) is 0. The quantitative estimate of drug-likeness (QED) is 0.183. The molecule has 0 saturated carbocycles. The summed E-state index contributed by atoms with van der Waals surface area (Å²) in [5.74, 6) is -4.18. The lowest BCUT2D eigenvalue weighted by atomic mass is 9.77. The van der Waals surface area contributed by atoms with Crippen molar-refractivity contribution < 1.29 is 38.9 Å². The first-order valence-electron chi connectivity index (χ1n) is 11.4. The van der Waals surface area contributed by atoms with Crippen LogP contribution in [0.5, 0.6) is 11.5 Å². The van der Waals surface area contributed by atoms with E-state index in [1.54, 1.807) is 12.1 Å². The second kappa shape index (κ2) is 9.68. The third-order valence-corrected chi connectivity index (χ3v) is 6.28. The predicted molar refractivity (Wildman–Crippen MR) is 133 cm³/mol. The van der Waals surface area contributed by atoms with Crippen LogP contribution in [0.3, 0.4) is 0 Å². The van der Waals surface area contributed by atoms with Gasteiger partial charge < -0.3 is 24.6 Å². The van der Waals surface area contributed by atoms with E-state index in [2.05, 4.69) is 20.1 Å². The largest absolute Gasteiger partial charge is 0.480 e. The number of carboxylic acids is 2. The Morgan fingerprint density at radius 1 is 0.825 bits per heavy atom. The van der Waals surface area contributed by atoms with Gasteiger partial charge >= 0.3 is 17.9 Å². The van der Waals surface area contributed by atoms with Crippen molar-refractivity contribution in [1.82, 2.24) is 4.90 Å². The molecule has 3 aromatic rings. The molecule has 2 heterocycles. The van der Waals surface area contributed by atoms with E-state index in [4.69, 9.17) is 30.7 Å². The molecular weight excluding hydrogens is 526 g/mol. The van der Waals surface area contributed by atoms with Crippen LogP contribution in [0.2, 0.25) is 0 Å². The molecule has 0 bridgehead atoms. The number of hydrogen-bond acceptors (Lipinski definition) is 8. The fourth-order valence-corrected chi connectivity index (χ4v) is 4.77. The van der Waals surface area contributed by atoms with Gasteiger partial charge in [-0.05, 0) is 35.3 Å². The molecule has 0 fully saturated rings. The van der Waals surface area contributed by atoms with Crippen LogP contribution in [0.1, 0.15) is 37.4 Å². The highest BCUT2D eigenvalue weighted by Crippen LogP contribution is 2.57. The molecule has 0 unspecified atom stereocenters. The van der Waals surface area contributed by atoms with Crippen molar-refractivity contribution in [2.75, 3.05) is 13.1 Å². The molecule has 2 N–H and O–H groups in total. The van der Waals surface area contributed by atoms with Crippen LogP contribution < -0.4 is 4.74 Å². The lowest BCUT2D eigenvalue weighted by Crippen LogP contribution is -2.39. The molecule has 3 aromatic carbocycles. The lowest BCUT2D eigenvalue weighted by molar-refractivity contribution is -0.140. The first-order valence-corrected chi connectivity index (χ1v) is 11.4. The smallest absolute Gasteiger partial charge is 0.340 e. The van der Waals surface area contributed by atoms with E-state index in [1.807, 2.05) is 0 Å². The fourth-order valence-electron chi connectivity index (χ4n) is 4.77. The fraction of sp³-hybridized carbons (Fsp3) is 0.120. The third-order valence-electron chi connectivity index (χ3n) is 6.28. The van der Waals surface area contributed by atoms with E-state index in [0.717, 1.165) is 0 Å². The number of benzene rings is 3.